The second-order valence-corrected chi connectivity index (χ2v) is 7.32. The summed E-state index contributed by atoms with van der Waals surface area (Å²) in [7, 11) is 0. The number of benzene rings is 1. The molecule has 1 aliphatic rings. The van der Waals surface area contributed by atoms with E-state index in [1.165, 1.54) is 5.56 Å². The lowest BCUT2D eigenvalue weighted by Gasteiger charge is -2.37. The SMILES string of the molecule is Cc1cccc(C(=O)N2CCSC(C)C2C)c1I. The van der Waals surface area contributed by atoms with E-state index in [0.717, 1.165) is 21.4 Å². The van der Waals surface area contributed by atoms with Crippen LogP contribution in [0.1, 0.15) is 29.8 Å². The van der Waals surface area contributed by atoms with E-state index in [-0.39, 0.29) is 5.91 Å². The second-order valence-electron chi connectivity index (χ2n) is 4.75. The Balaban J connectivity index is 2.28. The molecule has 0 N–H and O–H groups in total. The van der Waals surface area contributed by atoms with Crippen molar-refractivity contribution in [3.63, 3.8) is 0 Å². The van der Waals surface area contributed by atoms with Gasteiger partial charge in [-0.05, 0) is 48.1 Å². The molecule has 1 aliphatic heterocycles. The summed E-state index contributed by atoms with van der Waals surface area (Å²) in [5.41, 5.74) is 2.02. The molecule has 98 valence electrons. The van der Waals surface area contributed by atoms with Gasteiger partial charge in [-0.25, -0.2) is 0 Å². The quantitative estimate of drug-likeness (QED) is 0.700. The van der Waals surface area contributed by atoms with Gasteiger partial charge in [0.15, 0.2) is 0 Å². The molecule has 0 aromatic heterocycles. The van der Waals surface area contributed by atoms with Gasteiger partial charge in [-0.3, -0.25) is 4.79 Å². The smallest absolute Gasteiger partial charge is 0.255 e. The summed E-state index contributed by atoms with van der Waals surface area (Å²) in [6.07, 6.45) is 0. The minimum atomic E-state index is 0.183. The molecule has 1 saturated heterocycles. The maximum Gasteiger partial charge on any atom is 0.255 e. The van der Waals surface area contributed by atoms with Crippen LogP contribution in [0.4, 0.5) is 0 Å². The van der Waals surface area contributed by atoms with E-state index in [9.17, 15) is 4.79 Å². The van der Waals surface area contributed by atoms with Gasteiger partial charge in [0.05, 0.1) is 5.56 Å². The van der Waals surface area contributed by atoms with Crippen LogP contribution in [-0.2, 0) is 0 Å². The number of nitrogens with zero attached hydrogens (tertiary/aromatic N) is 1. The van der Waals surface area contributed by atoms with E-state index in [1.54, 1.807) is 0 Å². The average molecular weight is 375 g/mol. The summed E-state index contributed by atoms with van der Waals surface area (Å²) in [4.78, 5) is 14.7. The molecule has 0 saturated carbocycles. The van der Waals surface area contributed by atoms with Gasteiger partial charge in [-0.1, -0.05) is 19.1 Å². The fourth-order valence-electron chi connectivity index (χ4n) is 2.19. The summed E-state index contributed by atoms with van der Waals surface area (Å²) >= 11 is 4.23. The standard InChI is InChI=1S/C14H18INOS/c1-9-5-4-6-12(13(9)15)14(17)16-7-8-18-11(3)10(16)2/h4-6,10-11H,7-8H2,1-3H3. The molecule has 1 aromatic carbocycles. The number of carbonyl (C=O) groups is 1. The molecular weight excluding hydrogens is 357 g/mol. The molecule has 2 nitrogen and oxygen atoms in total. The first-order valence-corrected chi connectivity index (χ1v) is 8.33. The van der Waals surface area contributed by atoms with E-state index in [1.807, 2.05) is 28.8 Å². The van der Waals surface area contributed by atoms with Crippen molar-refractivity contribution in [1.29, 1.82) is 0 Å². The van der Waals surface area contributed by atoms with Crippen molar-refractivity contribution >= 4 is 40.3 Å². The van der Waals surface area contributed by atoms with Crippen molar-refractivity contribution in [3.8, 4) is 0 Å². The predicted molar refractivity (Wildman–Crippen MR) is 86.3 cm³/mol. The molecule has 0 aliphatic carbocycles. The molecule has 0 radical (unpaired) electrons. The number of hydrogen-bond donors (Lipinski definition) is 0. The molecule has 0 bridgehead atoms. The number of aryl methyl sites for hydroxylation is 1. The molecule has 2 atom stereocenters. The van der Waals surface area contributed by atoms with Crippen molar-refractivity contribution < 1.29 is 4.79 Å². The Morgan fingerprint density at radius 3 is 2.89 bits per heavy atom. The van der Waals surface area contributed by atoms with E-state index < -0.39 is 0 Å². The van der Waals surface area contributed by atoms with Crippen molar-refractivity contribution in [2.24, 2.45) is 0 Å². The number of hydrogen-bond acceptors (Lipinski definition) is 2. The Morgan fingerprint density at radius 2 is 2.17 bits per heavy atom. The predicted octanol–water partition coefficient (Wildman–Crippen LogP) is 3.57. The molecule has 1 aromatic rings. The number of halogens is 1. The third-order valence-electron chi connectivity index (χ3n) is 3.57. The third-order valence-corrected chi connectivity index (χ3v) is 6.34. The van der Waals surface area contributed by atoms with Crippen LogP contribution >= 0.6 is 34.4 Å². The van der Waals surface area contributed by atoms with Crippen molar-refractivity contribution in [2.45, 2.75) is 32.1 Å². The molecular formula is C14H18INOS. The van der Waals surface area contributed by atoms with Crippen LogP contribution < -0.4 is 0 Å². The van der Waals surface area contributed by atoms with Crippen molar-refractivity contribution in [3.05, 3.63) is 32.9 Å². The van der Waals surface area contributed by atoms with Crippen LogP contribution in [0.15, 0.2) is 18.2 Å². The summed E-state index contributed by atoms with van der Waals surface area (Å²) in [5.74, 6) is 1.22. The number of carbonyl (C=O) groups excluding carboxylic acids is 1. The minimum Gasteiger partial charge on any atom is -0.334 e. The van der Waals surface area contributed by atoms with E-state index in [4.69, 9.17) is 0 Å². The average Bonchev–Trinajstić information content (AvgIpc) is 2.35. The van der Waals surface area contributed by atoms with Gasteiger partial charge in [0.1, 0.15) is 0 Å². The highest BCUT2D eigenvalue weighted by Gasteiger charge is 2.30. The van der Waals surface area contributed by atoms with Crippen LogP contribution in [0.2, 0.25) is 0 Å². The third kappa shape index (κ3) is 2.69. The lowest BCUT2D eigenvalue weighted by atomic mass is 10.1. The zero-order valence-corrected chi connectivity index (χ0v) is 13.9. The van der Waals surface area contributed by atoms with Crippen molar-refractivity contribution in [2.75, 3.05) is 12.3 Å². The van der Waals surface area contributed by atoms with Crippen molar-refractivity contribution in [1.82, 2.24) is 4.90 Å². The lowest BCUT2D eigenvalue weighted by Crippen LogP contribution is -2.48. The van der Waals surface area contributed by atoms with Gasteiger partial charge < -0.3 is 4.90 Å². The topological polar surface area (TPSA) is 20.3 Å². The van der Waals surface area contributed by atoms with Gasteiger partial charge in [-0.2, -0.15) is 11.8 Å². The highest BCUT2D eigenvalue weighted by Crippen LogP contribution is 2.27. The van der Waals surface area contributed by atoms with Crippen LogP contribution in [0.3, 0.4) is 0 Å². The molecule has 1 amide bonds. The molecule has 2 unspecified atom stereocenters. The highest BCUT2D eigenvalue weighted by atomic mass is 127. The Morgan fingerprint density at radius 1 is 1.44 bits per heavy atom. The summed E-state index contributed by atoms with van der Waals surface area (Å²) in [6, 6.07) is 6.28. The zero-order valence-electron chi connectivity index (χ0n) is 10.9. The summed E-state index contributed by atoms with van der Waals surface area (Å²) < 4.78 is 1.08. The summed E-state index contributed by atoms with van der Waals surface area (Å²) in [5, 5.41) is 0.519. The Kier molecular flexibility index (Phi) is 4.59. The van der Waals surface area contributed by atoms with Gasteiger partial charge in [0.25, 0.3) is 5.91 Å². The maximum absolute atomic E-state index is 12.6. The van der Waals surface area contributed by atoms with E-state index in [0.29, 0.717) is 11.3 Å². The van der Waals surface area contributed by atoms with Gasteiger partial charge in [0, 0.05) is 27.2 Å². The first-order valence-electron chi connectivity index (χ1n) is 6.20. The zero-order chi connectivity index (χ0) is 13.3. The normalized spacial score (nSPS) is 24.1. The Labute approximate surface area is 127 Å². The molecule has 1 fully saturated rings. The fraction of sp³-hybridized carbons (Fsp3) is 0.500. The van der Waals surface area contributed by atoms with Gasteiger partial charge >= 0.3 is 0 Å². The van der Waals surface area contributed by atoms with Crippen LogP contribution in [-0.4, -0.2) is 34.4 Å². The highest BCUT2D eigenvalue weighted by molar-refractivity contribution is 14.1. The molecule has 18 heavy (non-hydrogen) atoms. The Hall–Kier alpha value is -0.230. The first kappa shape index (κ1) is 14.2. The largest absolute Gasteiger partial charge is 0.334 e. The number of thioether (sulfide) groups is 1. The maximum atomic E-state index is 12.6. The number of rotatable bonds is 1. The molecule has 4 heteroatoms. The van der Waals surface area contributed by atoms with Crippen LogP contribution in [0.25, 0.3) is 0 Å². The van der Waals surface area contributed by atoms with Gasteiger partial charge in [0.2, 0.25) is 0 Å². The molecule has 2 rings (SSSR count). The van der Waals surface area contributed by atoms with Gasteiger partial charge in [-0.15, -0.1) is 0 Å². The minimum absolute atomic E-state index is 0.183. The van der Waals surface area contributed by atoms with Crippen LogP contribution in [0, 0.1) is 10.5 Å². The van der Waals surface area contributed by atoms with E-state index >= 15 is 0 Å². The van der Waals surface area contributed by atoms with Crippen LogP contribution in [0.5, 0.6) is 0 Å². The number of amides is 1. The lowest BCUT2D eigenvalue weighted by molar-refractivity contribution is 0.0697. The molecule has 0 spiro atoms. The second kappa shape index (κ2) is 5.82. The Bertz CT molecular complexity index is 463. The summed E-state index contributed by atoms with van der Waals surface area (Å²) in [6.45, 7) is 7.27. The fourth-order valence-corrected chi connectivity index (χ4v) is 3.88. The monoisotopic (exact) mass is 375 g/mol. The molecule has 1 heterocycles. The first-order chi connectivity index (χ1) is 8.52. The van der Waals surface area contributed by atoms with E-state index in [2.05, 4.69) is 49.4 Å².